The minimum Gasteiger partial charge on any atom is -0.487 e. The Morgan fingerprint density at radius 3 is 2.70 bits per heavy atom. The largest absolute Gasteiger partial charge is 0.487 e. The number of ether oxygens (including phenoxy) is 3. The van der Waals surface area contributed by atoms with Gasteiger partial charge in [0.25, 0.3) is 0 Å². The first-order valence-corrected chi connectivity index (χ1v) is 11.2. The summed E-state index contributed by atoms with van der Waals surface area (Å²) in [6, 6.07) is 15.1. The van der Waals surface area contributed by atoms with Crippen LogP contribution in [0.4, 0.5) is 5.69 Å². The highest BCUT2D eigenvalue weighted by Gasteiger charge is 2.46. The van der Waals surface area contributed by atoms with E-state index in [0.29, 0.717) is 17.9 Å². The van der Waals surface area contributed by atoms with E-state index in [1.54, 1.807) is 6.07 Å². The average Bonchev–Trinajstić information content (AvgIpc) is 3.17. The second kappa shape index (κ2) is 10.3. The number of hydrogen-bond donors (Lipinski definition) is 3. The fourth-order valence-electron chi connectivity index (χ4n) is 4.63. The average molecular weight is 455 g/mol. The summed E-state index contributed by atoms with van der Waals surface area (Å²) < 4.78 is 17.0. The number of benzene rings is 2. The molecule has 2 aromatic carbocycles. The number of anilines is 1. The molecular formula is C25H30N2O6. The van der Waals surface area contributed by atoms with E-state index in [9.17, 15) is 14.7 Å². The molecule has 0 radical (unpaired) electrons. The lowest BCUT2D eigenvalue weighted by Gasteiger charge is -2.37. The monoisotopic (exact) mass is 454 g/mol. The lowest BCUT2D eigenvalue weighted by atomic mass is 9.84. The van der Waals surface area contributed by atoms with Gasteiger partial charge in [-0.05, 0) is 37.1 Å². The molecule has 2 amide bonds. The quantitative estimate of drug-likeness (QED) is 0.566. The summed E-state index contributed by atoms with van der Waals surface area (Å²) in [6.07, 6.45) is -0.454. The number of carbonyl (C=O) groups excluding carboxylic acids is 2. The Labute approximate surface area is 193 Å². The molecule has 2 aromatic rings. The normalized spacial score (nSPS) is 24.2. The Balaban J connectivity index is 1.44. The van der Waals surface area contributed by atoms with Gasteiger partial charge in [0.15, 0.2) is 0 Å². The fraction of sp³-hybridized carbons (Fsp3) is 0.440. The summed E-state index contributed by atoms with van der Waals surface area (Å²) in [6.45, 7) is 1.71. The summed E-state index contributed by atoms with van der Waals surface area (Å²) >= 11 is 0. The van der Waals surface area contributed by atoms with Crippen LogP contribution in [-0.4, -0.2) is 55.6 Å². The van der Waals surface area contributed by atoms with Crippen LogP contribution < -0.4 is 15.4 Å². The minimum absolute atomic E-state index is 0.0291. The number of carbonyl (C=O) groups is 2. The Morgan fingerprint density at radius 2 is 1.97 bits per heavy atom. The van der Waals surface area contributed by atoms with Gasteiger partial charge in [-0.25, -0.2) is 0 Å². The van der Waals surface area contributed by atoms with Crippen LogP contribution in [0.15, 0.2) is 48.5 Å². The SMILES string of the molecule is COCC(=O)Nc1ccc2c(c1)[C@@H]1C[C@H](CC(=O)N[C@@H](C)c3ccccc3)O[C@H](CO)[C@@H]1O2. The maximum Gasteiger partial charge on any atom is 0.250 e. The molecule has 4 rings (SSSR count). The van der Waals surface area contributed by atoms with E-state index in [2.05, 4.69) is 10.6 Å². The first-order valence-electron chi connectivity index (χ1n) is 11.2. The third-order valence-corrected chi connectivity index (χ3v) is 6.15. The van der Waals surface area contributed by atoms with Crippen LogP contribution in [0.2, 0.25) is 0 Å². The fourth-order valence-corrected chi connectivity index (χ4v) is 4.63. The Bertz CT molecular complexity index is 982. The number of nitrogens with one attached hydrogen (secondary N) is 2. The van der Waals surface area contributed by atoms with E-state index < -0.39 is 6.10 Å². The lowest BCUT2D eigenvalue weighted by molar-refractivity contribution is -0.142. The Morgan fingerprint density at radius 1 is 1.18 bits per heavy atom. The summed E-state index contributed by atoms with van der Waals surface area (Å²) in [4.78, 5) is 24.6. The van der Waals surface area contributed by atoms with Gasteiger partial charge in [-0.2, -0.15) is 0 Å². The molecule has 8 nitrogen and oxygen atoms in total. The maximum absolute atomic E-state index is 12.7. The van der Waals surface area contributed by atoms with Gasteiger partial charge in [-0.3, -0.25) is 9.59 Å². The van der Waals surface area contributed by atoms with Crippen LogP contribution in [0.1, 0.15) is 42.9 Å². The van der Waals surface area contributed by atoms with Crippen LogP contribution in [0.3, 0.4) is 0 Å². The van der Waals surface area contributed by atoms with Crippen molar-refractivity contribution in [2.24, 2.45) is 0 Å². The molecule has 2 aliphatic rings. The van der Waals surface area contributed by atoms with Crippen molar-refractivity contribution < 1.29 is 28.9 Å². The molecule has 0 spiro atoms. The molecule has 1 saturated heterocycles. The lowest BCUT2D eigenvalue weighted by Crippen LogP contribution is -2.47. The first-order chi connectivity index (χ1) is 16.0. The predicted molar refractivity (Wildman–Crippen MR) is 122 cm³/mol. The van der Waals surface area contributed by atoms with Gasteiger partial charge in [-0.15, -0.1) is 0 Å². The number of aliphatic hydroxyl groups is 1. The third-order valence-electron chi connectivity index (χ3n) is 6.15. The highest BCUT2D eigenvalue weighted by molar-refractivity contribution is 5.92. The first kappa shape index (κ1) is 23.2. The maximum atomic E-state index is 12.7. The summed E-state index contributed by atoms with van der Waals surface area (Å²) in [5.74, 6) is 0.315. The van der Waals surface area contributed by atoms with Crippen LogP contribution in [0.5, 0.6) is 5.75 Å². The summed E-state index contributed by atoms with van der Waals surface area (Å²) in [7, 11) is 1.47. The summed E-state index contributed by atoms with van der Waals surface area (Å²) in [5, 5.41) is 15.8. The van der Waals surface area contributed by atoms with Crippen molar-refractivity contribution in [3.63, 3.8) is 0 Å². The van der Waals surface area contributed by atoms with Gasteiger partial charge in [0.05, 0.1) is 25.2 Å². The molecule has 33 heavy (non-hydrogen) atoms. The number of hydrogen-bond acceptors (Lipinski definition) is 6. The third kappa shape index (κ3) is 5.35. The van der Waals surface area contributed by atoms with E-state index in [-0.39, 0.29) is 55.6 Å². The van der Waals surface area contributed by atoms with Gasteiger partial charge in [0, 0.05) is 24.3 Å². The van der Waals surface area contributed by atoms with Crippen LogP contribution in [-0.2, 0) is 19.1 Å². The van der Waals surface area contributed by atoms with Crippen LogP contribution in [0.25, 0.3) is 0 Å². The molecule has 0 unspecified atom stereocenters. The number of amides is 2. The van der Waals surface area contributed by atoms with Crippen molar-refractivity contribution in [3.8, 4) is 5.75 Å². The van der Waals surface area contributed by atoms with Crippen molar-refractivity contribution in [1.29, 1.82) is 0 Å². The summed E-state index contributed by atoms with van der Waals surface area (Å²) in [5.41, 5.74) is 2.63. The highest BCUT2D eigenvalue weighted by Crippen LogP contribution is 2.47. The molecule has 2 aliphatic heterocycles. The number of methoxy groups -OCH3 is 1. The van der Waals surface area contributed by atoms with Gasteiger partial charge >= 0.3 is 0 Å². The molecule has 176 valence electrons. The minimum atomic E-state index is -0.535. The van der Waals surface area contributed by atoms with Crippen molar-refractivity contribution in [2.45, 2.75) is 50.0 Å². The Kier molecular flexibility index (Phi) is 7.27. The van der Waals surface area contributed by atoms with Crippen molar-refractivity contribution in [1.82, 2.24) is 5.32 Å². The zero-order chi connectivity index (χ0) is 23.4. The molecular weight excluding hydrogens is 424 g/mol. The van der Waals surface area contributed by atoms with Crippen LogP contribution >= 0.6 is 0 Å². The van der Waals surface area contributed by atoms with Crippen molar-refractivity contribution in [3.05, 3.63) is 59.7 Å². The van der Waals surface area contributed by atoms with Gasteiger partial charge in [-0.1, -0.05) is 30.3 Å². The van der Waals surface area contributed by atoms with Crippen molar-refractivity contribution in [2.75, 3.05) is 25.6 Å². The van der Waals surface area contributed by atoms with Crippen LogP contribution in [0, 0.1) is 0 Å². The highest BCUT2D eigenvalue weighted by atomic mass is 16.6. The van der Waals surface area contributed by atoms with E-state index >= 15 is 0 Å². The van der Waals surface area contributed by atoms with E-state index in [1.165, 1.54) is 7.11 Å². The van der Waals surface area contributed by atoms with E-state index in [1.807, 2.05) is 49.4 Å². The standard InChI is InChI=1S/C25H30N2O6/c1-15(16-6-4-3-5-7-16)26-23(29)12-18-11-20-19-10-17(27-24(30)14-31-2)8-9-21(19)33-25(20)22(13-28)32-18/h3-10,15,18,20,22,25,28H,11-14H2,1-2H3,(H,26,29)(H,27,30)/t15-,18+,20-,22+,25+/m0/s1. The number of aliphatic hydroxyl groups excluding tert-OH is 1. The molecule has 0 bridgehead atoms. The molecule has 1 fully saturated rings. The molecule has 8 heteroatoms. The molecule has 3 N–H and O–H groups in total. The molecule has 5 atom stereocenters. The molecule has 0 aliphatic carbocycles. The van der Waals surface area contributed by atoms with E-state index in [4.69, 9.17) is 14.2 Å². The second-order valence-corrected chi connectivity index (χ2v) is 8.54. The van der Waals surface area contributed by atoms with Gasteiger partial charge < -0.3 is 30.0 Å². The molecule has 0 saturated carbocycles. The number of fused-ring (bicyclic) bond motifs is 3. The zero-order valence-corrected chi connectivity index (χ0v) is 18.8. The second-order valence-electron chi connectivity index (χ2n) is 8.54. The number of rotatable bonds is 8. The Hall–Kier alpha value is -2.94. The predicted octanol–water partition coefficient (Wildman–Crippen LogP) is 2.53. The molecule has 0 aromatic heterocycles. The van der Waals surface area contributed by atoms with Gasteiger partial charge in [0.2, 0.25) is 11.8 Å². The molecule has 2 heterocycles. The topological polar surface area (TPSA) is 106 Å². The van der Waals surface area contributed by atoms with Gasteiger partial charge in [0.1, 0.15) is 24.6 Å². The smallest absolute Gasteiger partial charge is 0.250 e. The van der Waals surface area contributed by atoms with Crippen molar-refractivity contribution >= 4 is 17.5 Å². The van der Waals surface area contributed by atoms with E-state index in [0.717, 1.165) is 11.1 Å². The zero-order valence-electron chi connectivity index (χ0n) is 18.8.